The number of hydrogen-bond acceptors (Lipinski definition) is 2. The third-order valence-electron chi connectivity index (χ3n) is 2.57. The van der Waals surface area contributed by atoms with E-state index >= 15 is 0 Å². The molecule has 20 heavy (non-hydrogen) atoms. The zero-order chi connectivity index (χ0) is 14.4. The summed E-state index contributed by atoms with van der Waals surface area (Å²) in [5.41, 5.74) is 9.42. The minimum atomic E-state index is -0.656. The molecule has 2 rings (SSSR count). The fourth-order valence-electron chi connectivity index (χ4n) is 1.64. The van der Waals surface area contributed by atoms with Crippen molar-refractivity contribution in [1.29, 1.82) is 0 Å². The van der Waals surface area contributed by atoms with Crippen molar-refractivity contribution in [3.63, 3.8) is 0 Å². The number of nitrogens with zero attached hydrogens (tertiary/aromatic N) is 2. The molecular weight excluding hydrogens is 319 g/mol. The van der Waals surface area contributed by atoms with Crippen molar-refractivity contribution in [2.24, 2.45) is 0 Å². The first-order valence-electron chi connectivity index (χ1n) is 5.88. The van der Waals surface area contributed by atoms with Gasteiger partial charge in [0, 0.05) is 0 Å². The van der Waals surface area contributed by atoms with Gasteiger partial charge in [-0.2, -0.15) is 0 Å². The second-order valence-electron chi connectivity index (χ2n) is 3.88. The van der Waals surface area contributed by atoms with Crippen molar-refractivity contribution >= 4 is 35.6 Å². The summed E-state index contributed by atoms with van der Waals surface area (Å²) in [6.45, 7) is 0. The van der Waals surface area contributed by atoms with E-state index in [0.717, 1.165) is 4.46 Å². The van der Waals surface area contributed by atoms with Gasteiger partial charge in [-0.3, -0.25) is 0 Å². The molecule has 4 nitrogen and oxygen atoms in total. The Kier molecular flexibility index (Phi) is 4.85. The summed E-state index contributed by atoms with van der Waals surface area (Å²) in [5, 5.41) is 0. The monoisotopic (exact) mass is 332 g/mol. The molecule has 0 aromatic heterocycles. The maximum absolute atomic E-state index is 11.5. The van der Waals surface area contributed by atoms with Crippen molar-refractivity contribution in [3.8, 4) is 0 Å². The molecule has 0 fully saturated rings. The number of esters is 1. The standard InChI is InChI=1S/C15H12N2O2Se/c1-19-15(18)14(17-16)11-6-5-9-13(10-11)20-12-7-3-2-4-8-12/h2-10H,1H3. The van der Waals surface area contributed by atoms with Crippen LogP contribution in [0.15, 0.2) is 54.6 Å². The molecule has 0 spiro atoms. The summed E-state index contributed by atoms with van der Waals surface area (Å²) in [5.74, 6) is -0.656. The fraction of sp³-hybridized carbons (Fsp3) is 0.0667. The van der Waals surface area contributed by atoms with Crippen molar-refractivity contribution in [2.75, 3.05) is 7.11 Å². The van der Waals surface area contributed by atoms with Crippen molar-refractivity contribution in [3.05, 3.63) is 65.7 Å². The van der Waals surface area contributed by atoms with Crippen LogP contribution in [0, 0.1) is 0 Å². The average Bonchev–Trinajstić information content (AvgIpc) is 2.49. The summed E-state index contributed by atoms with van der Waals surface area (Å²) in [7, 11) is 1.26. The van der Waals surface area contributed by atoms with Gasteiger partial charge >= 0.3 is 123 Å². The fourth-order valence-corrected chi connectivity index (χ4v) is 3.53. The van der Waals surface area contributed by atoms with Crippen LogP contribution in [-0.4, -0.2) is 38.5 Å². The Morgan fingerprint density at radius 3 is 2.45 bits per heavy atom. The van der Waals surface area contributed by atoms with Crippen LogP contribution >= 0.6 is 0 Å². The van der Waals surface area contributed by atoms with E-state index in [0.29, 0.717) is 5.56 Å². The quantitative estimate of drug-likeness (QED) is 0.270. The SMILES string of the molecule is COC(=O)C(=[N+]=[N-])c1cccc([Se]c2ccccc2)c1. The Balaban J connectivity index is 2.28. The first-order chi connectivity index (χ1) is 9.74. The van der Waals surface area contributed by atoms with Crippen LogP contribution in [0.3, 0.4) is 0 Å². The van der Waals surface area contributed by atoms with Crippen molar-refractivity contribution in [2.45, 2.75) is 0 Å². The number of carbonyl (C=O) groups excluding carboxylic acids is 1. The van der Waals surface area contributed by atoms with Gasteiger partial charge < -0.3 is 0 Å². The molecule has 0 aliphatic heterocycles. The number of ether oxygens (including phenoxy) is 1. The molecule has 2 aromatic carbocycles. The molecule has 0 bridgehead atoms. The summed E-state index contributed by atoms with van der Waals surface area (Å²) in [4.78, 5) is 14.5. The van der Waals surface area contributed by atoms with E-state index in [1.807, 2.05) is 36.4 Å². The summed E-state index contributed by atoms with van der Waals surface area (Å²) >= 11 is 0.133. The Hall–Kier alpha value is -2.19. The van der Waals surface area contributed by atoms with E-state index in [1.165, 1.54) is 11.6 Å². The number of rotatable bonds is 4. The average molecular weight is 331 g/mol. The third-order valence-corrected chi connectivity index (χ3v) is 4.66. The summed E-state index contributed by atoms with van der Waals surface area (Å²) in [6, 6.07) is 17.5. The van der Waals surface area contributed by atoms with E-state index in [2.05, 4.69) is 21.7 Å². The van der Waals surface area contributed by atoms with E-state index in [-0.39, 0.29) is 20.7 Å². The van der Waals surface area contributed by atoms with Gasteiger partial charge in [-0.15, -0.1) is 0 Å². The van der Waals surface area contributed by atoms with Gasteiger partial charge in [-0.05, 0) is 0 Å². The molecule has 5 heteroatoms. The van der Waals surface area contributed by atoms with Crippen molar-refractivity contribution < 1.29 is 14.3 Å². The number of methoxy groups -OCH3 is 1. The van der Waals surface area contributed by atoms with Crippen LogP contribution in [0.2, 0.25) is 0 Å². The molecule has 2 aromatic rings. The second kappa shape index (κ2) is 6.83. The van der Waals surface area contributed by atoms with Crippen LogP contribution in [0.5, 0.6) is 0 Å². The van der Waals surface area contributed by atoms with Crippen LogP contribution < -0.4 is 8.92 Å². The molecule has 100 valence electrons. The molecule has 0 amide bonds. The molecule has 0 saturated heterocycles. The molecule has 0 saturated carbocycles. The first kappa shape index (κ1) is 14.2. The van der Waals surface area contributed by atoms with Crippen LogP contribution in [0.4, 0.5) is 0 Å². The number of benzene rings is 2. The second-order valence-corrected chi connectivity index (χ2v) is 6.29. The minimum absolute atomic E-state index is 0.0850. The Morgan fingerprint density at radius 1 is 1.10 bits per heavy atom. The van der Waals surface area contributed by atoms with E-state index in [1.54, 1.807) is 6.07 Å². The topological polar surface area (TPSA) is 62.7 Å². The summed E-state index contributed by atoms with van der Waals surface area (Å²) < 4.78 is 6.91. The maximum atomic E-state index is 11.5. The molecule has 0 aliphatic rings. The van der Waals surface area contributed by atoms with E-state index in [4.69, 9.17) is 5.53 Å². The third kappa shape index (κ3) is 3.43. The van der Waals surface area contributed by atoms with E-state index in [9.17, 15) is 4.79 Å². The van der Waals surface area contributed by atoms with Gasteiger partial charge in [0.2, 0.25) is 0 Å². The van der Waals surface area contributed by atoms with Crippen LogP contribution in [0.25, 0.3) is 5.53 Å². The first-order valence-corrected chi connectivity index (χ1v) is 7.59. The van der Waals surface area contributed by atoms with Gasteiger partial charge in [0.1, 0.15) is 0 Å². The number of hydrogen-bond donors (Lipinski definition) is 0. The zero-order valence-electron chi connectivity index (χ0n) is 10.8. The molecule has 0 aliphatic carbocycles. The van der Waals surface area contributed by atoms with Crippen LogP contribution in [-0.2, 0) is 9.53 Å². The molecule has 0 radical (unpaired) electrons. The van der Waals surface area contributed by atoms with Gasteiger partial charge in [-0.25, -0.2) is 0 Å². The summed E-state index contributed by atoms with van der Waals surface area (Å²) in [6.07, 6.45) is 0. The Labute approximate surface area is 123 Å². The van der Waals surface area contributed by atoms with Crippen molar-refractivity contribution in [1.82, 2.24) is 0 Å². The van der Waals surface area contributed by atoms with Crippen LogP contribution in [0.1, 0.15) is 5.56 Å². The zero-order valence-corrected chi connectivity index (χ0v) is 12.5. The van der Waals surface area contributed by atoms with Gasteiger partial charge in [-0.1, -0.05) is 0 Å². The number of carbonyl (C=O) groups is 1. The Morgan fingerprint density at radius 2 is 1.80 bits per heavy atom. The van der Waals surface area contributed by atoms with Gasteiger partial charge in [0.25, 0.3) is 0 Å². The predicted octanol–water partition coefficient (Wildman–Crippen LogP) is 0.533. The molecule has 0 atom stereocenters. The van der Waals surface area contributed by atoms with Gasteiger partial charge in [0.15, 0.2) is 0 Å². The van der Waals surface area contributed by atoms with Gasteiger partial charge in [0.05, 0.1) is 0 Å². The predicted molar refractivity (Wildman–Crippen MR) is 77.7 cm³/mol. The molecule has 0 unspecified atom stereocenters. The molecule has 0 N–H and O–H groups in total. The molecular formula is C15H12N2O2Se. The van der Waals surface area contributed by atoms with E-state index < -0.39 is 5.97 Å². The Bertz CT molecular complexity index is 665. The normalized spacial score (nSPS) is 9.65. The molecule has 0 heterocycles.